The summed E-state index contributed by atoms with van der Waals surface area (Å²) in [7, 11) is 0. The van der Waals surface area contributed by atoms with Crippen molar-refractivity contribution in [1.29, 1.82) is 0 Å². The Balaban J connectivity index is 1.62. The van der Waals surface area contributed by atoms with Crippen molar-refractivity contribution >= 4 is 5.91 Å². The average Bonchev–Trinajstić information content (AvgIpc) is 2.86. The van der Waals surface area contributed by atoms with Gasteiger partial charge in [-0.3, -0.25) is 9.78 Å². The minimum absolute atomic E-state index is 0.0591. The first-order valence-corrected chi connectivity index (χ1v) is 6.88. The van der Waals surface area contributed by atoms with Gasteiger partial charge in [0.15, 0.2) is 0 Å². The lowest BCUT2D eigenvalue weighted by Crippen LogP contribution is -2.40. The van der Waals surface area contributed by atoms with Gasteiger partial charge in [0.2, 0.25) is 0 Å². The van der Waals surface area contributed by atoms with Gasteiger partial charge in [-0.05, 0) is 50.3 Å². The fourth-order valence-electron chi connectivity index (χ4n) is 3.27. The smallest absolute Gasteiger partial charge is 0.255 e. The molecule has 0 spiro atoms. The summed E-state index contributed by atoms with van der Waals surface area (Å²) in [5.41, 5.74) is 0.307. The van der Waals surface area contributed by atoms with Crippen molar-refractivity contribution in [3.63, 3.8) is 0 Å². The zero-order valence-electron chi connectivity index (χ0n) is 10.8. The molecule has 2 fully saturated rings. The van der Waals surface area contributed by atoms with E-state index in [0.717, 1.165) is 31.8 Å². The van der Waals surface area contributed by atoms with Crippen molar-refractivity contribution in [2.45, 2.75) is 25.3 Å². The van der Waals surface area contributed by atoms with Crippen molar-refractivity contribution < 1.29 is 9.90 Å². The van der Waals surface area contributed by atoms with Crippen LogP contribution < -0.4 is 10.6 Å². The molecule has 1 amide bonds. The number of pyridine rings is 1. The minimum atomic E-state index is -0.200. The number of hydrogen-bond donors (Lipinski definition) is 3. The molecule has 1 unspecified atom stereocenters. The number of carbonyl (C=O) groups is 1. The Morgan fingerprint density at radius 1 is 1.37 bits per heavy atom. The Morgan fingerprint density at radius 2 is 2.21 bits per heavy atom. The van der Waals surface area contributed by atoms with Crippen LogP contribution in [0.4, 0.5) is 0 Å². The first-order valence-electron chi connectivity index (χ1n) is 6.88. The van der Waals surface area contributed by atoms with Gasteiger partial charge in [0.1, 0.15) is 5.75 Å². The van der Waals surface area contributed by atoms with E-state index in [2.05, 4.69) is 15.6 Å². The number of carbonyl (C=O) groups excluding carboxylic acids is 1. The van der Waals surface area contributed by atoms with Gasteiger partial charge in [-0.2, -0.15) is 0 Å². The van der Waals surface area contributed by atoms with Gasteiger partial charge in [0, 0.05) is 12.2 Å². The maximum atomic E-state index is 12.1. The molecule has 3 rings (SSSR count). The van der Waals surface area contributed by atoms with Crippen LogP contribution in [0.15, 0.2) is 18.5 Å². The predicted octanol–water partition coefficient (Wildman–Crippen LogP) is 0.905. The van der Waals surface area contributed by atoms with E-state index < -0.39 is 0 Å². The third kappa shape index (κ3) is 2.56. The molecular weight excluding hydrogens is 242 g/mol. The molecule has 0 bridgehead atoms. The Kier molecular flexibility index (Phi) is 3.38. The lowest BCUT2D eigenvalue weighted by atomic mass is 9.79. The van der Waals surface area contributed by atoms with Gasteiger partial charge in [-0.1, -0.05) is 0 Å². The summed E-state index contributed by atoms with van der Waals surface area (Å²) in [6, 6.07) is 1.77. The lowest BCUT2D eigenvalue weighted by Gasteiger charge is -2.31. The fourth-order valence-corrected chi connectivity index (χ4v) is 3.27. The first kappa shape index (κ1) is 12.4. The highest BCUT2D eigenvalue weighted by Crippen LogP contribution is 2.32. The monoisotopic (exact) mass is 261 g/mol. The second kappa shape index (κ2) is 5.17. The molecule has 3 atom stereocenters. The summed E-state index contributed by atoms with van der Waals surface area (Å²) in [6.07, 6.45) is 6.06. The van der Waals surface area contributed by atoms with Crippen LogP contribution in [0.1, 0.15) is 29.6 Å². The molecule has 2 heterocycles. The quantitative estimate of drug-likeness (QED) is 0.739. The molecule has 5 nitrogen and oxygen atoms in total. The molecular formula is C14H19N3O2. The normalized spacial score (nSPS) is 29.8. The fraction of sp³-hybridized carbons (Fsp3) is 0.571. The maximum absolute atomic E-state index is 12.1. The SMILES string of the molecule is O=C(NC1CC[C@H]2CNC[C@H]2C1)c1ccncc1O. The summed E-state index contributed by atoms with van der Waals surface area (Å²) < 4.78 is 0. The summed E-state index contributed by atoms with van der Waals surface area (Å²) >= 11 is 0. The molecule has 1 saturated heterocycles. The number of nitrogens with zero attached hydrogens (tertiary/aromatic N) is 1. The van der Waals surface area contributed by atoms with E-state index in [1.54, 1.807) is 6.07 Å². The summed E-state index contributed by atoms with van der Waals surface area (Å²) in [5.74, 6) is 1.21. The molecule has 5 heteroatoms. The van der Waals surface area contributed by atoms with E-state index in [1.165, 1.54) is 18.8 Å². The molecule has 0 aromatic carbocycles. The lowest BCUT2D eigenvalue weighted by molar-refractivity contribution is 0.0911. The van der Waals surface area contributed by atoms with E-state index in [4.69, 9.17) is 0 Å². The van der Waals surface area contributed by atoms with Crippen molar-refractivity contribution in [2.75, 3.05) is 13.1 Å². The van der Waals surface area contributed by atoms with E-state index in [0.29, 0.717) is 11.5 Å². The van der Waals surface area contributed by atoms with Gasteiger partial charge in [0.25, 0.3) is 5.91 Å². The Morgan fingerprint density at radius 3 is 3.05 bits per heavy atom. The van der Waals surface area contributed by atoms with Gasteiger partial charge in [-0.15, -0.1) is 0 Å². The van der Waals surface area contributed by atoms with Crippen molar-refractivity contribution in [3.05, 3.63) is 24.0 Å². The van der Waals surface area contributed by atoms with Crippen LogP contribution in [0.5, 0.6) is 5.75 Å². The van der Waals surface area contributed by atoms with E-state index in [1.807, 2.05) is 0 Å². The van der Waals surface area contributed by atoms with Gasteiger partial charge in [0.05, 0.1) is 11.8 Å². The van der Waals surface area contributed by atoms with Crippen molar-refractivity contribution in [2.24, 2.45) is 11.8 Å². The highest BCUT2D eigenvalue weighted by molar-refractivity contribution is 5.96. The molecule has 1 aliphatic heterocycles. The predicted molar refractivity (Wildman–Crippen MR) is 70.9 cm³/mol. The average molecular weight is 261 g/mol. The van der Waals surface area contributed by atoms with Crippen LogP contribution in [0.2, 0.25) is 0 Å². The molecule has 0 radical (unpaired) electrons. The summed E-state index contributed by atoms with van der Waals surface area (Å²) in [4.78, 5) is 15.9. The van der Waals surface area contributed by atoms with Crippen LogP contribution >= 0.6 is 0 Å². The van der Waals surface area contributed by atoms with Crippen LogP contribution in [0.3, 0.4) is 0 Å². The Bertz CT molecular complexity index is 478. The van der Waals surface area contributed by atoms with Gasteiger partial charge >= 0.3 is 0 Å². The molecule has 1 aromatic heterocycles. The van der Waals surface area contributed by atoms with Crippen LogP contribution in [-0.4, -0.2) is 35.1 Å². The number of aromatic hydroxyl groups is 1. The van der Waals surface area contributed by atoms with Gasteiger partial charge in [-0.25, -0.2) is 0 Å². The molecule has 1 saturated carbocycles. The highest BCUT2D eigenvalue weighted by Gasteiger charge is 2.34. The number of aromatic nitrogens is 1. The zero-order chi connectivity index (χ0) is 13.2. The maximum Gasteiger partial charge on any atom is 0.255 e. The van der Waals surface area contributed by atoms with Crippen LogP contribution in [0.25, 0.3) is 0 Å². The largest absolute Gasteiger partial charge is 0.505 e. The third-order valence-corrected chi connectivity index (χ3v) is 4.33. The number of amides is 1. The number of rotatable bonds is 2. The van der Waals surface area contributed by atoms with Crippen LogP contribution in [0, 0.1) is 11.8 Å². The molecule has 1 aliphatic carbocycles. The van der Waals surface area contributed by atoms with Crippen molar-refractivity contribution in [1.82, 2.24) is 15.6 Å². The number of fused-ring (bicyclic) bond motifs is 1. The second-order valence-corrected chi connectivity index (χ2v) is 5.55. The van der Waals surface area contributed by atoms with Crippen molar-refractivity contribution in [3.8, 4) is 5.75 Å². The van der Waals surface area contributed by atoms with E-state index >= 15 is 0 Å². The highest BCUT2D eigenvalue weighted by atomic mass is 16.3. The Hall–Kier alpha value is -1.62. The first-order chi connectivity index (χ1) is 9.24. The third-order valence-electron chi connectivity index (χ3n) is 4.33. The summed E-state index contributed by atoms with van der Waals surface area (Å²) in [5, 5.41) is 16.1. The summed E-state index contributed by atoms with van der Waals surface area (Å²) in [6.45, 7) is 2.19. The molecule has 3 N–H and O–H groups in total. The van der Waals surface area contributed by atoms with Gasteiger partial charge < -0.3 is 15.7 Å². The van der Waals surface area contributed by atoms with Crippen LogP contribution in [-0.2, 0) is 0 Å². The number of hydrogen-bond acceptors (Lipinski definition) is 4. The molecule has 19 heavy (non-hydrogen) atoms. The topological polar surface area (TPSA) is 74.2 Å². The standard InChI is InChI=1S/C14H19N3O2/c18-13-8-15-4-3-12(13)14(19)17-11-2-1-9-6-16-7-10(9)5-11/h3-4,8-11,16,18H,1-2,5-7H2,(H,17,19)/t9-,10+,11?/m0/s1. The molecule has 2 aliphatic rings. The zero-order valence-corrected chi connectivity index (χ0v) is 10.8. The molecule has 102 valence electrons. The minimum Gasteiger partial charge on any atom is -0.505 e. The second-order valence-electron chi connectivity index (χ2n) is 5.55. The number of nitrogens with one attached hydrogen (secondary N) is 2. The molecule has 1 aromatic rings. The Labute approximate surface area is 112 Å². The van der Waals surface area contributed by atoms with E-state index in [-0.39, 0.29) is 17.7 Å². The van der Waals surface area contributed by atoms with E-state index in [9.17, 15) is 9.90 Å².